The molecule has 0 spiro atoms. The maximum atomic E-state index is 12.6. The third-order valence-corrected chi connectivity index (χ3v) is 10.5. The maximum absolute atomic E-state index is 12.6. The van der Waals surface area contributed by atoms with Crippen LogP contribution in [0, 0.1) is 0 Å². The third-order valence-electron chi connectivity index (χ3n) is 9.51. The summed E-state index contributed by atoms with van der Waals surface area (Å²) in [6.45, 7) is 4.14. The Morgan fingerprint density at radius 1 is 0.500 bits per heavy atom. The van der Waals surface area contributed by atoms with Gasteiger partial charge in [-0.2, -0.15) is 0 Å². The smallest absolute Gasteiger partial charge is 0.462 e. The molecule has 1 N–H and O–H groups in total. The SMILES string of the molecule is CC/C=C\C/C=C\C/C=C\C/C=C\C/C=C\C/C=C\C/C=C\C/C=C\C/C=C\C/C=C\CCCCCCC(=O)OC(COC(=O)CCCCCCC)COP(=O)(O)OCC[N+](C)(C)C. The second-order valence-electron chi connectivity index (χ2n) is 16.8. The van der Waals surface area contributed by atoms with Gasteiger partial charge in [0.1, 0.15) is 19.8 Å². The highest BCUT2D eigenvalue weighted by Crippen LogP contribution is 2.43. The minimum Gasteiger partial charge on any atom is -0.462 e. The number of ether oxygens (including phenoxy) is 2. The highest BCUT2D eigenvalue weighted by molar-refractivity contribution is 7.47. The normalized spacial score (nSPS) is 14.5. The van der Waals surface area contributed by atoms with Crippen LogP contribution in [-0.4, -0.2) is 74.9 Å². The fraction of sp³-hybridized carbons (Fsp3) is 0.593. The van der Waals surface area contributed by atoms with E-state index in [0.717, 1.165) is 122 Å². The summed E-state index contributed by atoms with van der Waals surface area (Å²) in [5.74, 6) is -0.855. The van der Waals surface area contributed by atoms with Crippen LogP contribution < -0.4 is 0 Å². The molecule has 0 aliphatic heterocycles. The average Bonchev–Trinajstić information content (AvgIpc) is 3.25. The lowest BCUT2D eigenvalue weighted by atomic mass is 10.1. The zero-order valence-electron chi connectivity index (χ0n) is 40.7. The van der Waals surface area contributed by atoms with Gasteiger partial charge in [0.25, 0.3) is 0 Å². The Labute approximate surface area is 390 Å². The van der Waals surface area contributed by atoms with Gasteiger partial charge in [0.05, 0.1) is 27.7 Å². The van der Waals surface area contributed by atoms with Crippen LogP contribution >= 0.6 is 7.82 Å². The fourth-order valence-electron chi connectivity index (χ4n) is 5.75. The van der Waals surface area contributed by atoms with E-state index in [-0.39, 0.29) is 26.1 Å². The first-order valence-corrected chi connectivity index (χ1v) is 25.8. The lowest BCUT2D eigenvalue weighted by Crippen LogP contribution is -2.37. The first kappa shape index (κ1) is 60.4. The van der Waals surface area contributed by atoms with Gasteiger partial charge in [-0.15, -0.1) is 0 Å². The quantitative estimate of drug-likeness (QED) is 0.0212. The maximum Gasteiger partial charge on any atom is 0.472 e. The molecule has 0 aromatic heterocycles. The second kappa shape index (κ2) is 44.6. The molecule has 0 heterocycles. The molecule has 2 atom stereocenters. The summed E-state index contributed by atoms with van der Waals surface area (Å²) in [6.07, 6.45) is 63.2. The van der Waals surface area contributed by atoms with Crippen LogP contribution in [0.3, 0.4) is 0 Å². The number of carbonyl (C=O) groups excluding carboxylic acids is 2. The number of rotatable bonds is 42. The number of phosphoric acid groups is 1. The van der Waals surface area contributed by atoms with Gasteiger partial charge in [0, 0.05) is 12.8 Å². The van der Waals surface area contributed by atoms with Crippen LogP contribution in [0.1, 0.15) is 155 Å². The zero-order valence-corrected chi connectivity index (χ0v) is 41.6. The molecular weight excluding hydrogens is 822 g/mol. The summed E-state index contributed by atoms with van der Waals surface area (Å²) in [5, 5.41) is 0. The Morgan fingerprint density at radius 2 is 0.891 bits per heavy atom. The van der Waals surface area contributed by atoms with E-state index >= 15 is 0 Å². The molecule has 0 aliphatic rings. The molecule has 10 heteroatoms. The van der Waals surface area contributed by atoms with E-state index in [1.165, 1.54) is 0 Å². The number of phosphoric ester groups is 1. The Bertz CT molecular complexity index is 1490. The molecule has 0 aromatic carbocycles. The average molecular weight is 911 g/mol. The minimum absolute atomic E-state index is 0.0200. The molecule has 0 amide bonds. The Morgan fingerprint density at radius 3 is 1.31 bits per heavy atom. The first-order chi connectivity index (χ1) is 31.0. The minimum atomic E-state index is -4.38. The summed E-state index contributed by atoms with van der Waals surface area (Å²) >= 11 is 0. The molecule has 0 rings (SSSR count). The highest BCUT2D eigenvalue weighted by Gasteiger charge is 2.27. The molecular formula is C54H89NO8P+. The van der Waals surface area contributed by atoms with Crippen LogP contribution in [-0.2, 0) is 32.7 Å². The fourth-order valence-corrected chi connectivity index (χ4v) is 6.49. The summed E-state index contributed by atoms with van der Waals surface area (Å²) < 4.78 is 34.0. The molecule has 362 valence electrons. The van der Waals surface area contributed by atoms with Crippen molar-refractivity contribution in [3.63, 3.8) is 0 Å². The van der Waals surface area contributed by atoms with E-state index in [0.29, 0.717) is 17.4 Å². The number of quaternary nitrogens is 1. The lowest BCUT2D eigenvalue weighted by Gasteiger charge is -2.24. The lowest BCUT2D eigenvalue weighted by molar-refractivity contribution is -0.870. The van der Waals surface area contributed by atoms with Gasteiger partial charge in [0.15, 0.2) is 6.10 Å². The predicted molar refractivity (Wildman–Crippen MR) is 270 cm³/mol. The van der Waals surface area contributed by atoms with Crippen LogP contribution in [0.5, 0.6) is 0 Å². The summed E-state index contributed by atoms with van der Waals surface area (Å²) in [6, 6.07) is 0. The van der Waals surface area contributed by atoms with Gasteiger partial charge in [-0.25, -0.2) is 4.57 Å². The molecule has 9 nitrogen and oxygen atoms in total. The number of carbonyl (C=O) groups is 2. The number of allylic oxidation sites excluding steroid dienone is 20. The summed E-state index contributed by atoms with van der Waals surface area (Å²) in [4.78, 5) is 35.1. The van der Waals surface area contributed by atoms with Crippen LogP contribution in [0.15, 0.2) is 122 Å². The number of likely N-dealkylation sites (N-methyl/N-ethyl adjacent to an activating group) is 1. The number of hydrogen-bond acceptors (Lipinski definition) is 7. The van der Waals surface area contributed by atoms with E-state index in [9.17, 15) is 19.0 Å². The van der Waals surface area contributed by atoms with Gasteiger partial charge < -0.3 is 18.9 Å². The van der Waals surface area contributed by atoms with Crippen LogP contribution in [0.2, 0.25) is 0 Å². The molecule has 0 saturated heterocycles. The Kier molecular flexibility index (Phi) is 42.1. The molecule has 2 unspecified atom stereocenters. The monoisotopic (exact) mass is 911 g/mol. The topological polar surface area (TPSA) is 108 Å². The molecule has 0 aliphatic carbocycles. The van der Waals surface area contributed by atoms with Gasteiger partial charge in [-0.1, -0.05) is 174 Å². The number of nitrogens with zero attached hydrogens (tertiary/aromatic N) is 1. The van der Waals surface area contributed by atoms with Crippen molar-refractivity contribution in [3.05, 3.63) is 122 Å². The zero-order chi connectivity index (χ0) is 47.1. The van der Waals surface area contributed by atoms with E-state index in [1.54, 1.807) is 0 Å². The van der Waals surface area contributed by atoms with Gasteiger partial charge >= 0.3 is 19.8 Å². The van der Waals surface area contributed by atoms with Crippen molar-refractivity contribution in [3.8, 4) is 0 Å². The van der Waals surface area contributed by atoms with Crippen molar-refractivity contribution in [2.24, 2.45) is 0 Å². The van der Waals surface area contributed by atoms with Crippen LogP contribution in [0.25, 0.3) is 0 Å². The predicted octanol–water partition coefficient (Wildman–Crippen LogP) is 14.5. The molecule has 0 saturated carbocycles. The summed E-state index contributed by atoms with van der Waals surface area (Å²) in [7, 11) is 1.44. The van der Waals surface area contributed by atoms with E-state index in [2.05, 4.69) is 135 Å². The second-order valence-corrected chi connectivity index (χ2v) is 18.2. The van der Waals surface area contributed by atoms with Crippen LogP contribution in [0.4, 0.5) is 0 Å². The van der Waals surface area contributed by atoms with E-state index in [1.807, 2.05) is 21.1 Å². The standard InChI is InChI=1S/C54H88NO8P/c1-6-8-10-12-13-14-15-16-17-18-19-20-21-22-23-24-25-26-27-28-29-30-31-32-33-34-35-36-37-38-39-40-41-43-45-47-54(57)63-52(50-60-53(56)46-44-42-11-9-7-2)51-62-64(58,59)61-49-48-55(3,4)5/h8,10,13-14,16-17,19-20,22-23,25-26,28-29,31-32,34-35,37-38,52H,6-7,9,11-12,15,18,21,24,27,30,33,36,39-51H2,1-5H3/p+1/b10-8-,14-13-,17-16-,20-19-,23-22-,26-25-,29-28-,32-31-,35-34-,38-37-. The van der Waals surface area contributed by atoms with E-state index < -0.39 is 32.5 Å². The van der Waals surface area contributed by atoms with Crippen molar-refractivity contribution < 1.29 is 42.1 Å². The van der Waals surface area contributed by atoms with Gasteiger partial charge in [-0.05, 0) is 89.9 Å². The van der Waals surface area contributed by atoms with Crippen molar-refractivity contribution in [1.29, 1.82) is 0 Å². The third kappa shape index (κ3) is 47.9. The van der Waals surface area contributed by atoms with E-state index in [4.69, 9.17) is 18.5 Å². The first-order valence-electron chi connectivity index (χ1n) is 24.3. The van der Waals surface area contributed by atoms with Gasteiger partial charge in [-0.3, -0.25) is 18.6 Å². The number of esters is 2. The van der Waals surface area contributed by atoms with Crippen molar-refractivity contribution >= 4 is 19.8 Å². The van der Waals surface area contributed by atoms with Crippen molar-refractivity contribution in [2.45, 2.75) is 161 Å². The van der Waals surface area contributed by atoms with Crippen molar-refractivity contribution in [1.82, 2.24) is 0 Å². The largest absolute Gasteiger partial charge is 0.472 e. The summed E-state index contributed by atoms with van der Waals surface area (Å²) in [5.41, 5.74) is 0. The molecule has 64 heavy (non-hydrogen) atoms. The Hall–Kier alpha value is -3.59. The van der Waals surface area contributed by atoms with Crippen molar-refractivity contribution in [2.75, 3.05) is 47.5 Å². The molecule has 0 fully saturated rings. The molecule has 0 bridgehead atoms. The number of hydrogen-bond donors (Lipinski definition) is 1. The van der Waals surface area contributed by atoms with Gasteiger partial charge in [0.2, 0.25) is 0 Å². The highest BCUT2D eigenvalue weighted by atomic mass is 31.2. The molecule has 0 radical (unpaired) electrons. The molecule has 0 aromatic rings. The Balaban J connectivity index is 4.13. The number of unbranched alkanes of at least 4 members (excludes halogenated alkanes) is 8.